The number of aliphatic hydroxyl groups is 2. The fourth-order valence-corrected chi connectivity index (χ4v) is 6.59. The summed E-state index contributed by atoms with van der Waals surface area (Å²) in [6.45, 7) is 2.02. The summed E-state index contributed by atoms with van der Waals surface area (Å²) in [7, 11) is 1.59. The van der Waals surface area contributed by atoms with Crippen molar-refractivity contribution in [2.45, 2.75) is 74.5 Å². The monoisotopic (exact) mass is 373 g/mol. The van der Waals surface area contributed by atoms with Gasteiger partial charge in [-0.3, -0.25) is 4.90 Å². The molecule has 27 heavy (non-hydrogen) atoms. The molecular weight excluding hydrogens is 342 g/mol. The lowest BCUT2D eigenvalue weighted by atomic mass is 9.49. The predicted molar refractivity (Wildman–Crippen MR) is 102 cm³/mol. The number of phenolic OH excluding ortho intramolecular Hbond substituents is 1. The van der Waals surface area contributed by atoms with Gasteiger partial charge in [-0.2, -0.15) is 0 Å². The number of aromatic hydroxyl groups is 1. The largest absolute Gasteiger partial charge is 0.504 e. The molecule has 1 heterocycles. The SMILES string of the molecule is COc1c(O)ccc2c1[C@]13CCN(CC4CCC4)[C@H](C2)[C@]1(O)CC[C@H](O)C3. The van der Waals surface area contributed by atoms with Crippen molar-refractivity contribution < 1.29 is 20.1 Å². The van der Waals surface area contributed by atoms with Crippen LogP contribution in [-0.4, -0.2) is 58.2 Å². The van der Waals surface area contributed by atoms with Crippen molar-refractivity contribution in [2.75, 3.05) is 20.2 Å². The maximum absolute atomic E-state index is 12.1. The molecule has 1 aromatic carbocycles. The minimum atomic E-state index is -0.873. The fraction of sp³-hybridized carbons (Fsp3) is 0.727. The molecule has 0 aromatic heterocycles. The Morgan fingerprint density at radius 2 is 2.04 bits per heavy atom. The topological polar surface area (TPSA) is 73.2 Å². The van der Waals surface area contributed by atoms with Crippen LogP contribution in [0, 0.1) is 5.92 Å². The molecular formula is C22H31NO4. The first-order valence-corrected chi connectivity index (χ1v) is 10.5. The van der Waals surface area contributed by atoms with Gasteiger partial charge in [0.2, 0.25) is 0 Å². The van der Waals surface area contributed by atoms with E-state index in [2.05, 4.69) is 4.90 Å². The number of rotatable bonds is 3. The van der Waals surface area contributed by atoms with Gasteiger partial charge < -0.3 is 20.1 Å². The molecule has 0 radical (unpaired) electrons. The van der Waals surface area contributed by atoms with Gasteiger partial charge in [-0.05, 0) is 69.0 Å². The lowest BCUT2D eigenvalue weighted by Gasteiger charge is -2.64. The van der Waals surface area contributed by atoms with Crippen LogP contribution in [-0.2, 0) is 11.8 Å². The highest BCUT2D eigenvalue weighted by Crippen LogP contribution is 2.61. The quantitative estimate of drug-likeness (QED) is 0.759. The Morgan fingerprint density at radius 1 is 1.22 bits per heavy atom. The molecule has 5 heteroatoms. The number of likely N-dealkylation sites (tertiary alicyclic amines) is 1. The molecule has 148 valence electrons. The zero-order chi connectivity index (χ0) is 18.8. The third kappa shape index (κ3) is 2.34. The summed E-state index contributed by atoms with van der Waals surface area (Å²) >= 11 is 0. The molecule has 0 unspecified atom stereocenters. The highest BCUT2D eigenvalue weighted by Gasteiger charge is 2.65. The van der Waals surface area contributed by atoms with Crippen LogP contribution in [0.3, 0.4) is 0 Å². The Bertz CT molecular complexity index is 748. The van der Waals surface area contributed by atoms with Gasteiger partial charge in [0.15, 0.2) is 11.5 Å². The molecule has 3 fully saturated rings. The van der Waals surface area contributed by atoms with E-state index in [1.807, 2.05) is 6.07 Å². The minimum Gasteiger partial charge on any atom is -0.504 e. The number of aliphatic hydroxyl groups excluding tert-OH is 1. The van der Waals surface area contributed by atoms with Crippen LogP contribution in [0.15, 0.2) is 12.1 Å². The number of hydrogen-bond donors (Lipinski definition) is 3. The molecule has 5 nitrogen and oxygen atoms in total. The number of piperidine rings is 1. The van der Waals surface area contributed by atoms with Crippen LogP contribution in [0.1, 0.15) is 56.1 Å². The Morgan fingerprint density at radius 3 is 2.74 bits per heavy atom. The number of ether oxygens (including phenoxy) is 1. The van der Waals surface area contributed by atoms with Crippen molar-refractivity contribution in [3.05, 3.63) is 23.3 Å². The molecule has 2 bridgehead atoms. The second-order valence-electron chi connectivity index (χ2n) is 9.32. The molecule has 0 amide bonds. The van der Waals surface area contributed by atoms with E-state index in [0.29, 0.717) is 25.0 Å². The third-order valence-electron chi connectivity index (χ3n) is 8.13. The molecule has 4 atom stereocenters. The molecule has 1 aliphatic heterocycles. The second-order valence-corrected chi connectivity index (χ2v) is 9.32. The van der Waals surface area contributed by atoms with Gasteiger partial charge in [0.25, 0.3) is 0 Å². The van der Waals surface area contributed by atoms with Crippen molar-refractivity contribution >= 4 is 0 Å². The highest BCUT2D eigenvalue weighted by molar-refractivity contribution is 5.58. The first-order valence-electron chi connectivity index (χ1n) is 10.5. The number of fused-ring (bicyclic) bond motifs is 1. The lowest BCUT2D eigenvalue weighted by molar-refractivity contribution is -0.185. The summed E-state index contributed by atoms with van der Waals surface area (Å²) < 4.78 is 5.62. The lowest BCUT2D eigenvalue weighted by Crippen LogP contribution is -2.73. The number of benzene rings is 1. The standard InChI is InChI=1S/C22H31NO4/c1-27-20-17(25)6-5-15-11-18-22(26)8-7-16(24)12-21(22,19(15)20)9-10-23(18)13-14-3-2-4-14/h5-6,14,16,18,24-26H,2-4,7-13H2,1H3/t16-,18+,21+,22+/m0/s1. The van der Waals surface area contributed by atoms with Crippen molar-refractivity contribution in [2.24, 2.45) is 5.92 Å². The number of hydrogen-bond acceptors (Lipinski definition) is 5. The second kappa shape index (κ2) is 6.10. The zero-order valence-electron chi connectivity index (χ0n) is 16.2. The first-order chi connectivity index (χ1) is 13.0. The Hall–Kier alpha value is -1.30. The van der Waals surface area contributed by atoms with Crippen LogP contribution < -0.4 is 4.74 Å². The van der Waals surface area contributed by atoms with E-state index in [0.717, 1.165) is 43.0 Å². The third-order valence-corrected chi connectivity index (χ3v) is 8.13. The van der Waals surface area contributed by atoms with Gasteiger partial charge in [-0.25, -0.2) is 0 Å². The summed E-state index contributed by atoms with van der Waals surface area (Å²) in [6.07, 6.45) is 6.92. The highest BCUT2D eigenvalue weighted by atomic mass is 16.5. The van der Waals surface area contributed by atoms with Crippen LogP contribution in [0.2, 0.25) is 0 Å². The first kappa shape index (κ1) is 17.8. The van der Waals surface area contributed by atoms with Gasteiger partial charge in [-0.1, -0.05) is 12.5 Å². The van der Waals surface area contributed by atoms with E-state index < -0.39 is 17.1 Å². The van der Waals surface area contributed by atoms with E-state index >= 15 is 0 Å². The van der Waals surface area contributed by atoms with Crippen LogP contribution in [0.5, 0.6) is 11.5 Å². The van der Waals surface area contributed by atoms with E-state index in [1.54, 1.807) is 13.2 Å². The van der Waals surface area contributed by atoms with Crippen molar-refractivity contribution in [1.29, 1.82) is 0 Å². The van der Waals surface area contributed by atoms with Gasteiger partial charge in [0.05, 0.1) is 18.8 Å². The van der Waals surface area contributed by atoms with E-state index in [1.165, 1.54) is 19.3 Å². The molecule has 5 rings (SSSR count). The van der Waals surface area contributed by atoms with Gasteiger partial charge in [-0.15, -0.1) is 0 Å². The number of phenols is 1. The summed E-state index contributed by atoms with van der Waals surface area (Å²) in [6, 6.07) is 3.79. The van der Waals surface area contributed by atoms with E-state index in [9.17, 15) is 15.3 Å². The average molecular weight is 373 g/mol. The number of methoxy groups -OCH3 is 1. The van der Waals surface area contributed by atoms with Crippen LogP contribution >= 0.6 is 0 Å². The summed E-state index contributed by atoms with van der Waals surface area (Å²) in [5.74, 6) is 1.39. The number of nitrogens with zero attached hydrogens (tertiary/aromatic N) is 1. The van der Waals surface area contributed by atoms with E-state index in [4.69, 9.17) is 4.74 Å². The molecule has 1 aromatic rings. The molecule has 1 saturated heterocycles. The molecule has 2 saturated carbocycles. The fourth-order valence-electron chi connectivity index (χ4n) is 6.59. The molecule has 3 N–H and O–H groups in total. The molecule has 0 spiro atoms. The Kier molecular flexibility index (Phi) is 4.01. The van der Waals surface area contributed by atoms with Gasteiger partial charge in [0, 0.05) is 23.6 Å². The van der Waals surface area contributed by atoms with Crippen LogP contribution in [0.25, 0.3) is 0 Å². The Labute approximate surface area is 161 Å². The zero-order valence-corrected chi connectivity index (χ0v) is 16.2. The minimum absolute atomic E-state index is 0.0844. The molecule has 4 aliphatic rings. The summed E-state index contributed by atoms with van der Waals surface area (Å²) in [5, 5.41) is 33.1. The van der Waals surface area contributed by atoms with Gasteiger partial charge >= 0.3 is 0 Å². The molecule has 3 aliphatic carbocycles. The maximum Gasteiger partial charge on any atom is 0.164 e. The van der Waals surface area contributed by atoms with Gasteiger partial charge in [0.1, 0.15) is 0 Å². The van der Waals surface area contributed by atoms with Crippen molar-refractivity contribution in [3.8, 4) is 11.5 Å². The maximum atomic E-state index is 12.1. The average Bonchev–Trinajstić information content (AvgIpc) is 2.60. The summed E-state index contributed by atoms with van der Waals surface area (Å²) in [4.78, 5) is 2.53. The van der Waals surface area contributed by atoms with E-state index in [-0.39, 0.29) is 11.8 Å². The normalized spacial score (nSPS) is 38.6. The van der Waals surface area contributed by atoms with Crippen molar-refractivity contribution in [3.63, 3.8) is 0 Å². The smallest absolute Gasteiger partial charge is 0.164 e. The predicted octanol–water partition coefficient (Wildman–Crippen LogP) is 2.35. The summed E-state index contributed by atoms with van der Waals surface area (Å²) in [5.41, 5.74) is 0.698. The Balaban J connectivity index is 1.65. The van der Waals surface area contributed by atoms with Crippen molar-refractivity contribution in [1.82, 2.24) is 4.90 Å². The van der Waals surface area contributed by atoms with Crippen LogP contribution in [0.4, 0.5) is 0 Å².